The number of anilines is 1. The minimum atomic E-state index is -0.386. The Balaban J connectivity index is 2.18. The Morgan fingerprint density at radius 2 is 2.19 bits per heavy atom. The highest BCUT2D eigenvalue weighted by Crippen LogP contribution is 2.21. The number of halogens is 2. The number of hydrogen-bond donors (Lipinski definition) is 1. The van der Waals surface area contributed by atoms with Crippen molar-refractivity contribution in [2.24, 2.45) is 0 Å². The predicted molar refractivity (Wildman–Crippen MR) is 87.5 cm³/mol. The van der Waals surface area contributed by atoms with Crippen LogP contribution in [-0.2, 0) is 0 Å². The zero-order valence-corrected chi connectivity index (χ0v) is 13.6. The average Bonchev–Trinajstić information content (AvgIpc) is 2.46. The molecule has 0 aliphatic heterocycles. The quantitative estimate of drug-likeness (QED) is 0.640. The van der Waals surface area contributed by atoms with Crippen LogP contribution in [0, 0.1) is 0 Å². The van der Waals surface area contributed by atoms with Gasteiger partial charge in [-0.2, -0.15) is 0 Å². The molecule has 7 heteroatoms. The number of rotatable bonds is 5. The molecule has 0 aliphatic rings. The summed E-state index contributed by atoms with van der Waals surface area (Å²) in [6.45, 7) is 2.07. The molecule has 0 spiro atoms. The molecule has 0 saturated heterocycles. The molecule has 0 radical (unpaired) electrons. The maximum absolute atomic E-state index is 12.2. The Kier molecular flexibility index (Phi) is 5.85. The van der Waals surface area contributed by atoms with E-state index in [0.717, 1.165) is 12.2 Å². The standard InChI is InChI=1S/C14H13Cl2N3OS/c1-2-6-21-14-17-8-11(16)12(19-14)13(20)18-10-5-3-4-9(15)7-10/h3-5,7-8H,2,6H2,1H3,(H,18,20). The SMILES string of the molecule is CCCSc1ncc(Cl)c(C(=O)Nc2cccc(Cl)c2)n1. The van der Waals surface area contributed by atoms with Crippen molar-refractivity contribution in [3.8, 4) is 0 Å². The van der Waals surface area contributed by atoms with Gasteiger partial charge in [-0.3, -0.25) is 4.79 Å². The van der Waals surface area contributed by atoms with Gasteiger partial charge in [-0.25, -0.2) is 9.97 Å². The van der Waals surface area contributed by atoms with Gasteiger partial charge in [0.15, 0.2) is 10.9 Å². The number of aromatic nitrogens is 2. The van der Waals surface area contributed by atoms with Crippen molar-refractivity contribution in [2.75, 3.05) is 11.1 Å². The van der Waals surface area contributed by atoms with E-state index in [4.69, 9.17) is 23.2 Å². The van der Waals surface area contributed by atoms with E-state index in [0.29, 0.717) is 15.9 Å². The number of thioether (sulfide) groups is 1. The van der Waals surface area contributed by atoms with Crippen LogP contribution in [0.15, 0.2) is 35.6 Å². The summed E-state index contributed by atoms with van der Waals surface area (Å²) in [5.74, 6) is 0.500. The van der Waals surface area contributed by atoms with Gasteiger partial charge in [0, 0.05) is 16.5 Å². The molecule has 0 bridgehead atoms. The normalized spacial score (nSPS) is 10.4. The second-order valence-corrected chi connectivity index (χ2v) is 6.07. The number of carbonyl (C=O) groups is 1. The van der Waals surface area contributed by atoms with Gasteiger partial charge in [-0.1, -0.05) is 48.0 Å². The highest BCUT2D eigenvalue weighted by Gasteiger charge is 2.14. The summed E-state index contributed by atoms with van der Waals surface area (Å²) in [6, 6.07) is 6.88. The fourth-order valence-electron chi connectivity index (χ4n) is 1.53. The molecule has 2 aromatic rings. The maximum Gasteiger partial charge on any atom is 0.275 e. The van der Waals surface area contributed by atoms with Gasteiger partial charge in [0.25, 0.3) is 5.91 Å². The Hall–Kier alpha value is -1.30. The third-order valence-electron chi connectivity index (χ3n) is 2.45. The first kappa shape index (κ1) is 16.1. The first-order chi connectivity index (χ1) is 10.1. The van der Waals surface area contributed by atoms with Gasteiger partial charge >= 0.3 is 0 Å². The average molecular weight is 342 g/mol. The molecular formula is C14H13Cl2N3OS. The lowest BCUT2D eigenvalue weighted by atomic mass is 10.3. The van der Waals surface area contributed by atoms with Crippen LogP contribution in [0.1, 0.15) is 23.8 Å². The monoisotopic (exact) mass is 341 g/mol. The molecule has 110 valence electrons. The third-order valence-corrected chi connectivity index (χ3v) is 4.03. The lowest BCUT2D eigenvalue weighted by Crippen LogP contribution is -2.15. The number of amides is 1. The summed E-state index contributed by atoms with van der Waals surface area (Å²) in [5, 5.41) is 4.02. The van der Waals surface area contributed by atoms with Crippen LogP contribution in [0.5, 0.6) is 0 Å². The Morgan fingerprint density at radius 3 is 2.90 bits per heavy atom. The largest absolute Gasteiger partial charge is 0.321 e. The van der Waals surface area contributed by atoms with Crippen LogP contribution in [0.3, 0.4) is 0 Å². The van der Waals surface area contributed by atoms with E-state index in [2.05, 4.69) is 22.2 Å². The van der Waals surface area contributed by atoms with Gasteiger partial charge < -0.3 is 5.32 Å². The molecule has 1 aromatic carbocycles. The van der Waals surface area contributed by atoms with Crippen LogP contribution in [0.4, 0.5) is 5.69 Å². The van der Waals surface area contributed by atoms with Gasteiger partial charge in [0.05, 0.1) is 11.2 Å². The number of hydrogen-bond acceptors (Lipinski definition) is 4. The summed E-state index contributed by atoms with van der Waals surface area (Å²) in [5.41, 5.74) is 0.746. The zero-order chi connectivity index (χ0) is 15.2. The van der Waals surface area contributed by atoms with E-state index >= 15 is 0 Å². The second kappa shape index (κ2) is 7.64. The van der Waals surface area contributed by atoms with Gasteiger partial charge in [0.2, 0.25) is 0 Å². The van der Waals surface area contributed by atoms with Crippen molar-refractivity contribution in [2.45, 2.75) is 18.5 Å². The maximum atomic E-state index is 12.2. The number of benzene rings is 1. The van der Waals surface area contributed by atoms with Crippen molar-refractivity contribution in [1.82, 2.24) is 9.97 Å². The molecule has 1 heterocycles. The van der Waals surface area contributed by atoms with Crippen LogP contribution >= 0.6 is 35.0 Å². The summed E-state index contributed by atoms with van der Waals surface area (Å²) in [4.78, 5) is 20.5. The molecule has 4 nitrogen and oxygen atoms in total. The highest BCUT2D eigenvalue weighted by molar-refractivity contribution is 7.99. The van der Waals surface area contributed by atoms with Crippen LogP contribution in [0.25, 0.3) is 0 Å². The smallest absolute Gasteiger partial charge is 0.275 e. The van der Waals surface area contributed by atoms with Gasteiger partial charge in [-0.15, -0.1) is 0 Å². The van der Waals surface area contributed by atoms with E-state index in [1.54, 1.807) is 24.3 Å². The Morgan fingerprint density at radius 1 is 1.38 bits per heavy atom. The minimum absolute atomic E-state index is 0.158. The zero-order valence-electron chi connectivity index (χ0n) is 11.3. The molecule has 0 atom stereocenters. The molecule has 0 saturated carbocycles. The van der Waals surface area contributed by atoms with Gasteiger partial charge in [-0.05, 0) is 24.6 Å². The van der Waals surface area contributed by atoms with Crippen molar-refractivity contribution in [3.05, 3.63) is 46.2 Å². The third kappa shape index (κ3) is 4.59. The summed E-state index contributed by atoms with van der Waals surface area (Å²) >= 11 is 13.4. The molecule has 1 amide bonds. The lowest BCUT2D eigenvalue weighted by molar-refractivity contribution is 0.102. The van der Waals surface area contributed by atoms with Crippen molar-refractivity contribution < 1.29 is 4.79 Å². The van der Waals surface area contributed by atoms with E-state index in [1.165, 1.54) is 18.0 Å². The van der Waals surface area contributed by atoms with Crippen LogP contribution in [0.2, 0.25) is 10.0 Å². The molecular weight excluding hydrogens is 329 g/mol. The molecule has 1 N–H and O–H groups in total. The molecule has 0 unspecified atom stereocenters. The molecule has 2 rings (SSSR count). The topological polar surface area (TPSA) is 54.9 Å². The van der Waals surface area contributed by atoms with Gasteiger partial charge in [0.1, 0.15) is 0 Å². The predicted octanol–water partition coefficient (Wildman–Crippen LogP) is 4.54. The highest BCUT2D eigenvalue weighted by atomic mass is 35.5. The molecule has 21 heavy (non-hydrogen) atoms. The summed E-state index contributed by atoms with van der Waals surface area (Å²) in [6.07, 6.45) is 2.44. The number of carbonyl (C=O) groups excluding carboxylic acids is 1. The second-order valence-electron chi connectivity index (χ2n) is 4.16. The Labute approximate surface area is 137 Å². The summed E-state index contributed by atoms with van der Waals surface area (Å²) in [7, 11) is 0. The van der Waals surface area contributed by atoms with Crippen LogP contribution in [-0.4, -0.2) is 21.6 Å². The molecule has 0 fully saturated rings. The van der Waals surface area contributed by atoms with E-state index < -0.39 is 0 Å². The molecule has 1 aromatic heterocycles. The minimum Gasteiger partial charge on any atom is -0.321 e. The fraction of sp³-hybridized carbons (Fsp3) is 0.214. The van der Waals surface area contributed by atoms with Crippen molar-refractivity contribution in [1.29, 1.82) is 0 Å². The first-order valence-corrected chi connectivity index (χ1v) is 8.06. The number of nitrogens with zero attached hydrogens (tertiary/aromatic N) is 2. The first-order valence-electron chi connectivity index (χ1n) is 6.32. The molecule has 0 aliphatic carbocycles. The van der Waals surface area contributed by atoms with Crippen molar-refractivity contribution >= 4 is 46.6 Å². The van der Waals surface area contributed by atoms with E-state index in [1.807, 2.05) is 0 Å². The van der Waals surface area contributed by atoms with Crippen molar-refractivity contribution in [3.63, 3.8) is 0 Å². The Bertz CT molecular complexity index is 652. The van der Waals surface area contributed by atoms with E-state index in [-0.39, 0.29) is 16.6 Å². The van der Waals surface area contributed by atoms with Crippen LogP contribution < -0.4 is 5.32 Å². The number of nitrogens with one attached hydrogen (secondary N) is 1. The fourth-order valence-corrected chi connectivity index (χ4v) is 2.57. The van der Waals surface area contributed by atoms with E-state index in [9.17, 15) is 4.79 Å². The summed E-state index contributed by atoms with van der Waals surface area (Å²) < 4.78 is 0. The lowest BCUT2D eigenvalue weighted by Gasteiger charge is -2.07.